The molecule has 0 amide bonds. The SMILES string of the molecule is NC(N)=NCCCCNc1nc(NCCCCN=C(N)N)nc(NCCCCN=C(N)N)n1. The Balaban J connectivity index is 2.56. The minimum Gasteiger partial charge on any atom is -0.370 e. The van der Waals surface area contributed by atoms with E-state index in [1.54, 1.807) is 0 Å². The summed E-state index contributed by atoms with van der Waals surface area (Å²) >= 11 is 0. The van der Waals surface area contributed by atoms with E-state index >= 15 is 0 Å². The zero-order valence-electron chi connectivity index (χ0n) is 19.1. The first kappa shape index (κ1) is 27.3. The maximum absolute atomic E-state index is 5.33. The molecule has 15 heteroatoms. The van der Waals surface area contributed by atoms with Crippen LogP contribution in [0.3, 0.4) is 0 Å². The number of aliphatic imine (C=N–C) groups is 3. The van der Waals surface area contributed by atoms with Crippen LogP contribution in [0.15, 0.2) is 15.0 Å². The number of nitrogens with zero attached hydrogens (tertiary/aromatic N) is 6. The summed E-state index contributed by atoms with van der Waals surface area (Å²) in [7, 11) is 0. The summed E-state index contributed by atoms with van der Waals surface area (Å²) in [5.74, 6) is 1.75. The van der Waals surface area contributed by atoms with Crippen LogP contribution in [0.4, 0.5) is 17.8 Å². The molecule has 0 aliphatic rings. The molecule has 0 aliphatic carbocycles. The largest absolute Gasteiger partial charge is 0.370 e. The quantitative estimate of drug-likeness (QED) is 0.0664. The van der Waals surface area contributed by atoms with Crippen molar-refractivity contribution < 1.29 is 0 Å². The van der Waals surface area contributed by atoms with Crippen LogP contribution in [0, 0.1) is 0 Å². The summed E-state index contributed by atoms with van der Waals surface area (Å²) in [6.07, 6.45) is 5.13. The van der Waals surface area contributed by atoms with E-state index in [1.165, 1.54) is 0 Å². The number of nitrogens with one attached hydrogen (secondary N) is 3. The lowest BCUT2D eigenvalue weighted by atomic mass is 10.3. The van der Waals surface area contributed by atoms with E-state index < -0.39 is 0 Å². The van der Waals surface area contributed by atoms with Crippen LogP contribution < -0.4 is 50.4 Å². The number of hydrogen-bond donors (Lipinski definition) is 9. The fourth-order valence-corrected chi connectivity index (χ4v) is 2.55. The third-order valence-electron chi connectivity index (χ3n) is 4.12. The highest BCUT2D eigenvalue weighted by molar-refractivity contribution is 5.76. The van der Waals surface area contributed by atoms with E-state index in [0.29, 0.717) is 57.1 Å². The van der Waals surface area contributed by atoms with Gasteiger partial charge in [0.1, 0.15) is 0 Å². The molecule has 33 heavy (non-hydrogen) atoms. The Morgan fingerprint density at radius 3 is 1.00 bits per heavy atom. The zero-order valence-corrected chi connectivity index (χ0v) is 19.1. The smallest absolute Gasteiger partial charge is 0.229 e. The van der Waals surface area contributed by atoms with E-state index in [1.807, 2.05) is 0 Å². The fourth-order valence-electron chi connectivity index (χ4n) is 2.55. The van der Waals surface area contributed by atoms with Crippen molar-refractivity contribution in [1.29, 1.82) is 0 Å². The second-order valence-electron chi connectivity index (χ2n) is 7.13. The van der Waals surface area contributed by atoms with Crippen LogP contribution in [0.25, 0.3) is 0 Å². The van der Waals surface area contributed by atoms with Crippen molar-refractivity contribution in [1.82, 2.24) is 15.0 Å². The van der Waals surface area contributed by atoms with Crippen LogP contribution in [0.1, 0.15) is 38.5 Å². The van der Waals surface area contributed by atoms with Gasteiger partial charge in [0.05, 0.1) is 0 Å². The van der Waals surface area contributed by atoms with E-state index in [-0.39, 0.29) is 17.9 Å². The standard InChI is InChI=1S/C18H39N15/c19-13(20)25-7-1-4-10-28-16-31-17(29-11-5-2-8-26-14(21)22)33-18(32-16)30-12-6-3-9-27-15(23)24/h1-12H2,(H4,19,20,25)(H4,21,22,26)(H4,23,24,27)(H3,28,29,30,31,32,33). The first-order valence-electron chi connectivity index (χ1n) is 11.0. The van der Waals surface area contributed by atoms with E-state index in [9.17, 15) is 0 Å². The molecule has 1 heterocycles. The van der Waals surface area contributed by atoms with Crippen molar-refractivity contribution in [2.24, 2.45) is 49.4 Å². The van der Waals surface area contributed by atoms with Crippen molar-refractivity contribution in [3.8, 4) is 0 Å². The number of unbranched alkanes of at least 4 members (excludes halogenated alkanes) is 3. The molecule has 15 N–H and O–H groups in total. The molecule has 0 radical (unpaired) electrons. The van der Waals surface area contributed by atoms with Gasteiger partial charge in [-0.1, -0.05) is 0 Å². The number of anilines is 3. The van der Waals surface area contributed by atoms with E-state index in [0.717, 1.165) is 38.5 Å². The van der Waals surface area contributed by atoms with Gasteiger partial charge in [0.2, 0.25) is 17.8 Å². The Hall–Kier alpha value is -3.78. The van der Waals surface area contributed by atoms with Gasteiger partial charge in [0.25, 0.3) is 0 Å². The Kier molecular flexibility index (Phi) is 13.9. The fraction of sp³-hybridized carbons (Fsp3) is 0.667. The lowest BCUT2D eigenvalue weighted by Gasteiger charge is -2.11. The van der Waals surface area contributed by atoms with Crippen molar-refractivity contribution in [2.45, 2.75) is 38.5 Å². The van der Waals surface area contributed by atoms with Gasteiger partial charge in [-0.3, -0.25) is 15.0 Å². The monoisotopic (exact) mass is 465 g/mol. The van der Waals surface area contributed by atoms with Gasteiger partial charge in [-0.25, -0.2) is 0 Å². The van der Waals surface area contributed by atoms with Gasteiger partial charge in [-0.15, -0.1) is 0 Å². The van der Waals surface area contributed by atoms with Crippen LogP contribution >= 0.6 is 0 Å². The Morgan fingerprint density at radius 1 is 0.485 bits per heavy atom. The van der Waals surface area contributed by atoms with Gasteiger partial charge >= 0.3 is 0 Å². The molecule has 1 rings (SSSR count). The molecular formula is C18H39N15. The lowest BCUT2D eigenvalue weighted by Crippen LogP contribution is -2.23. The molecule has 186 valence electrons. The third kappa shape index (κ3) is 15.6. The predicted octanol–water partition coefficient (Wildman–Crippen LogP) is -1.73. The number of hydrogen-bond acceptors (Lipinski definition) is 9. The highest BCUT2D eigenvalue weighted by Gasteiger charge is 2.06. The molecule has 0 spiro atoms. The number of guanidine groups is 3. The minimum atomic E-state index is 0.100. The molecule has 15 nitrogen and oxygen atoms in total. The van der Waals surface area contributed by atoms with Gasteiger partial charge in [-0.2, -0.15) is 15.0 Å². The van der Waals surface area contributed by atoms with Gasteiger partial charge in [0, 0.05) is 39.3 Å². The summed E-state index contributed by atoms with van der Waals surface area (Å²) in [5.41, 5.74) is 32.0. The maximum Gasteiger partial charge on any atom is 0.229 e. The van der Waals surface area contributed by atoms with Crippen molar-refractivity contribution >= 4 is 35.7 Å². The highest BCUT2D eigenvalue weighted by Crippen LogP contribution is 2.10. The molecule has 0 atom stereocenters. The average molecular weight is 466 g/mol. The molecule has 0 bridgehead atoms. The number of rotatable bonds is 18. The summed E-state index contributed by atoms with van der Waals surface area (Å²) in [6, 6.07) is 0. The normalized spacial score (nSPS) is 10.2. The average Bonchev–Trinajstić information content (AvgIpc) is 2.75. The molecule has 0 aromatic carbocycles. The second-order valence-corrected chi connectivity index (χ2v) is 7.13. The third-order valence-corrected chi connectivity index (χ3v) is 4.12. The Bertz CT molecular complexity index is 637. The molecule has 1 aromatic heterocycles. The van der Waals surface area contributed by atoms with Crippen LogP contribution in [0.2, 0.25) is 0 Å². The highest BCUT2D eigenvalue weighted by atomic mass is 15.3. The van der Waals surface area contributed by atoms with Crippen molar-refractivity contribution in [3.05, 3.63) is 0 Å². The molecule has 0 saturated carbocycles. The molecular weight excluding hydrogens is 426 g/mol. The zero-order chi connectivity index (χ0) is 24.3. The summed E-state index contributed by atoms with van der Waals surface area (Å²) in [5, 5.41) is 9.65. The minimum absolute atomic E-state index is 0.100. The van der Waals surface area contributed by atoms with Crippen LogP contribution in [0.5, 0.6) is 0 Å². The molecule has 0 fully saturated rings. The second kappa shape index (κ2) is 16.9. The first-order valence-corrected chi connectivity index (χ1v) is 11.0. The molecule has 0 aliphatic heterocycles. The topological polar surface area (TPSA) is 268 Å². The summed E-state index contributed by atoms with van der Waals surface area (Å²) < 4.78 is 0. The Labute approximate surface area is 194 Å². The van der Waals surface area contributed by atoms with Crippen LogP contribution in [-0.2, 0) is 0 Å². The van der Waals surface area contributed by atoms with Gasteiger partial charge < -0.3 is 50.4 Å². The first-order chi connectivity index (χ1) is 15.9. The van der Waals surface area contributed by atoms with E-state index in [4.69, 9.17) is 34.4 Å². The van der Waals surface area contributed by atoms with Crippen molar-refractivity contribution in [3.63, 3.8) is 0 Å². The Morgan fingerprint density at radius 2 is 0.758 bits per heavy atom. The summed E-state index contributed by atoms with van der Waals surface area (Å²) in [4.78, 5) is 25.2. The van der Waals surface area contributed by atoms with Crippen LogP contribution in [-0.4, -0.2) is 72.1 Å². The lowest BCUT2D eigenvalue weighted by molar-refractivity contribution is 0.758. The van der Waals surface area contributed by atoms with E-state index in [2.05, 4.69) is 45.9 Å². The number of aromatic nitrogens is 3. The number of nitrogens with two attached hydrogens (primary N) is 6. The summed E-state index contributed by atoms with van der Waals surface area (Å²) in [6.45, 7) is 3.79. The molecule has 0 unspecified atom stereocenters. The predicted molar refractivity (Wildman–Crippen MR) is 135 cm³/mol. The maximum atomic E-state index is 5.33. The molecule has 1 aromatic rings. The van der Waals surface area contributed by atoms with Gasteiger partial charge in [-0.05, 0) is 38.5 Å². The van der Waals surface area contributed by atoms with Gasteiger partial charge in [0.15, 0.2) is 17.9 Å². The molecule has 0 saturated heterocycles. The van der Waals surface area contributed by atoms with Crippen molar-refractivity contribution in [2.75, 3.05) is 55.2 Å².